The number of alkyl halides is 3. The van der Waals surface area contributed by atoms with E-state index < -0.39 is 29.7 Å². The third-order valence-corrected chi connectivity index (χ3v) is 4.45. The molecule has 0 bridgehead atoms. The summed E-state index contributed by atoms with van der Waals surface area (Å²) in [6, 6.07) is 10.6. The molecule has 1 atom stereocenters. The second kappa shape index (κ2) is 12.7. The maximum absolute atomic E-state index is 12.5. The summed E-state index contributed by atoms with van der Waals surface area (Å²) < 4.78 is 48.3. The Morgan fingerprint density at radius 1 is 0.970 bits per heavy atom. The summed E-state index contributed by atoms with van der Waals surface area (Å²) in [5, 5.41) is 14.8. The van der Waals surface area contributed by atoms with Crippen LogP contribution < -0.4 is 20.1 Å². The third kappa shape index (κ3) is 9.40. The van der Waals surface area contributed by atoms with Gasteiger partial charge in [-0.3, -0.25) is 9.59 Å². The van der Waals surface area contributed by atoms with Gasteiger partial charge in [-0.15, -0.1) is 0 Å². The van der Waals surface area contributed by atoms with Crippen molar-refractivity contribution in [2.45, 2.75) is 32.0 Å². The molecule has 10 heteroatoms. The Labute approximate surface area is 189 Å². The molecule has 0 saturated heterocycles. The van der Waals surface area contributed by atoms with Crippen LogP contribution in [0.5, 0.6) is 11.5 Å². The number of carbonyl (C=O) groups is 2. The van der Waals surface area contributed by atoms with Gasteiger partial charge in [0.1, 0.15) is 24.2 Å². The van der Waals surface area contributed by atoms with Crippen LogP contribution in [-0.2, 0) is 11.0 Å². The van der Waals surface area contributed by atoms with Gasteiger partial charge in [-0.2, -0.15) is 13.2 Å². The summed E-state index contributed by atoms with van der Waals surface area (Å²) in [6.07, 6.45) is -3.57. The third-order valence-electron chi connectivity index (χ3n) is 4.45. The molecule has 0 fully saturated rings. The zero-order valence-electron chi connectivity index (χ0n) is 18.2. The van der Waals surface area contributed by atoms with Crippen molar-refractivity contribution in [1.29, 1.82) is 0 Å². The summed E-state index contributed by atoms with van der Waals surface area (Å²) in [5.41, 5.74) is -0.434. The summed E-state index contributed by atoms with van der Waals surface area (Å²) in [5.74, 6) is -0.138. The van der Waals surface area contributed by atoms with E-state index in [0.717, 1.165) is 37.1 Å². The van der Waals surface area contributed by atoms with E-state index in [2.05, 4.69) is 17.6 Å². The molecule has 2 aromatic carbocycles. The molecule has 0 spiro atoms. The van der Waals surface area contributed by atoms with E-state index in [9.17, 15) is 27.9 Å². The maximum atomic E-state index is 12.5. The van der Waals surface area contributed by atoms with E-state index in [1.807, 2.05) is 0 Å². The SMILES string of the molecule is CCCCOc1ccc(C(=O)NCC(=O)NCC(O)COc2ccc(C(F)(F)F)cc2)cc1. The normalized spacial score (nSPS) is 12.0. The highest BCUT2D eigenvalue weighted by molar-refractivity contribution is 5.96. The Kier molecular flexibility index (Phi) is 9.99. The molecule has 2 rings (SSSR count). The largest absolute Gasteiger partial charge is 0.494 e. The van der Waals surface area contributed by atoms with E-state index in [1.165, 1.54) is 0 Å². The molecule has 2 amide bonds. The number of hydrogen-bond donors (Lipinski definition) is 3. The number of benzene rings is 2. The van der Waals surface area contributed by atoms with Gasteiger partial charge in [0, 0.05) is 12.1 Å². The number of hydrogen-bond acceptors (Lipinski definition) is 5. The molecule has 33 heavy (non-hydrogen) atoms. The second-order valence-corrected chi connectivity index (χ2v) is 7.20. The standard InChI is InChI=1S/C23H27F3N2O5/c1-2-3-12-32-19-8-4-16(5-9-19)22(31)28-14-21(30)27-13-18(29)15-33-20-10-6-17(7-11-20)23(24,25)26/h4-11,18,29H,2-3,12-15H2,1H3,(H,27,30)(H,28,31). The lowest BCUT2D eigenvalue weighted by Crippen LogP contribution is -2.41. The lowest BCUT2D eigenvalue weighted by Gasteiger charge is -2.14. The fourth-order valence-corrected chi connectivity index (χ4v) is 2.59. The number of amides is 2. The fourth-order valence-electron chi connectivity index (χ4n) is 2.59. The lowest BCUT2D eigenvalue weighted by molar-refractivity contribution is -0.137. The predicted molar refractivity (Wildman–Crippen MR) is 115 cm³/mol. The van der Waals surface area contributed by atoms with Crippen LogP contribution in [0, 0.1) is 0 Å². The monoisotopic (exact) mass is 468 g/mol. The number of aliphatic hydroxyl groups is 1. The van der Waals surface area contributed by atoms with Crippen molar-refractivity contribution in [3.05, 3.63) is 59.7 Å². The van der Waals surface area contributed by atoms with Gasteiger partial charge in [0.25, 0.3) is 5.91 Å². The van der Waals surface area contributed by atoms with Gasteiger partial charge in [0.05, 0.1) is 18.7 Å². The number of unbranched alkanes of at least 4 members (excludes halogenated alkanes) is 1. The van der Waals surface area contributed by atoms with Gasteiger partial charge in [0.15, 0.2) is 0 Å². The van der Waals surface area contributed by atoms with Crippen molar-refractivity contribution < 1.29 is 37.3 Å². The summed E-state index contributed by atoms with van der Waals surface area (Å²) in [7, 11) is 0. The molecule has 1 unspecified atom stereocenters. The highest BCUT2D eigenvalue weighted by Gasteiger charge is 2.30. The molecule has 7 nitrogen and oxygen atoms in total. The average Bonchev–Trinajstić information content (AvgIpc) is 2.80. The zero-order chi connectivity index (χ0) is 24.3. The van der Waals surface area contributed by atoms with Gasteiger partial charge >= 0.3 is 6.18 Å². The molecule has 3 N–H and O–H groups in total. The van der Waals surface area contributed by atoms with Crippen LogP contribution >= 0.6 is 0 Å². The fraction of sp³-hybridized carbons (Fsp3) is 0.391. The minimum absolute atomic E-state index is 0.154. The predicted octanol–water partition coefficient (Wildman–Crippen LogP) is 3.17. The van der Waals surface area contributed by atoms with Crippen LogP contribution in [0.1, 0.15) is 35.7 Å². The molecule has 0 aromatic heterocycles. The number of aliphatic hydroxyl groups excluding tert-OH is 1. The van der Waals surface area contributed by atoms with Gasteiger partial charge in [-0.05, 0) is 55.0 Å². The van der Waals surface area contributed by atoms with Crippen LogP contribution in [0.15, 0.2) is 48.5 Å². The van der Waals surface area contributed by atoms with E-state index in [1.54, 1.807) is 24.3 Å². The van der Waals surface area contributed by atoms with Crippen molar-refractivity contribution in [2.24, 2.45) is 0 Å². The number of halogens is 3. The maximum Gasteiger partial charge on any atom is 0.416 e. The molecule has 0 saturated carbocycles. The molecule has 0 aliphatic rings. The molecule has 2 aromatic rings. The van der Waals surface area contributed by atoms with E-state index in [-0.39, 0.29) is 25.4 Å². The Balaban J connectivity index is 1.66. The van der Waals surface area contributed by atoms with E-state index in [0.29, 0.717) is 17.9 Å². The van der Waals surface area contributed by atoms with Crippen LogP contribution in [0.25, 0.3) is 0 Å². The first-order valence-electron chi connectivity index (χ1n) is 10.4. The first-order chi connectivity index (χ1) is 15.7. The Morgan fingerprint density at radius 3 is 2.18 bits per heavy atom. The molecular weight excluding hydrogens is 441 g/mol. The van der Waals surface area contributed by atoms with Crippen LogP contribution in [0.3, 0.4) is 0 Å². The quantitative estimate of drug-likeness (QED) is 0.416. The average molecular weight is 468 g/mol. The van der Waals surface area contributed by atoms with Crippen molar-refractivity contribution in [3.8, 4) is 11.5 Å². The summed E-state index contributed by atoms with van der Waals surface area (Å²) in [6.45, 7) is 1.98. The smallest absolute Gasteiger partial charge is 0.416 e. The highest BCUT2D eigenvalue weighted by Crippen LogP contribution is 2.30. The zero-order valence-corrected chi connectivity index (χ0v) is 18.2. The highest BCUT2D eigenvalue weighted by atomic mass is 19.4. The van der Waals surface area contributed by atoms with Gasteiger partial charge < -0.3 is 25.2 Å². The number of ether oxygens (including phenoxy) is 2. The second-order valence-electron chi connectivity index (χ2n) is 7.20. The molecule has 0 aliphatic heterocycles. The summed E-state index contributed by atoms with van der Waals surface area (Å²) >= 11 is 0. The van der Waals surface area contributed by atoms with Crippen molar-refractivity contribution >= 4 is 11.8 Å². The van der Waals surface area contributed by atoms with Gasteiger partial charge in [0.2, 0.25) is 5.91 Å². The Hall–Kier alpha value is -3.27. The van der Waals surface area contributed by atoms with E-state index >= 15 is 0 Å². The molecule has 180 valence electrons. The van der Waals surface area contributed by atoms with Gasteiger partial charge in [-0.25, -0.2) is 0 Å². The van der Waals surface area contributed by atoms with Crippen LogP contribution in [0.2, 0.25) is 0 Å². The Morgan fingerprint density at radius 2 is 1.58 bits per heavy atom. The number of rotatable bonds is 12. The van der Waals surface area contributed by atoms with Crippen LogP contribution in [-0.4, -0.2) is 49.3 Å². The first kappa shape index (κ1) is 26.0. The molecule has 0 aliphatic carbocycles. The number of nitrogens with one attached hydrogen (secondary N) is 2. The van der Waals surface area contributed by atoms with Crippen molar-refractivity contribution in [2.75, 3.05) is 26.3 Å². The van der Waals surface area contributed by atoms with Crippen molar-refractivity contribution in [3.63, 3.8) is 0 Å². The summed E-state index contributed by atoms with van der Waals surface area (Å²) in [4.78, 5) is 24.0. The number of carbonyl (C=O) groups excluding carboxylic acids is 2. The molecule has 0 radical (unpaired) electrons. The molecular formula is C23H27F3N2O5. The van der Waals surface area contributed by atoms with E-state index in [4.69, 9.17) is 9.47 Å². The lowest BCUT2D eigenvalue weighted by atomic mass is 10.2. The van der Waals surface area contributed by atoms with Crippen molar-refractivity contribution in [1.82, 2.24) is 10.6 Å². The minimum Gasteiger partial charge on any atom is -0.494 e. The Bertz CT molecular complexity index is 886. The molecule has 0 heterocycles. The minimum atomic E-state index is -4.44. The first-order valence-corrected chi connectivity index (χ1v) is 10.4. The van der Waals surface area contributed by atoms with Crippen LogP contribution in [0.4, 0.5) is 13.2 Å². The van der Waals surface area contributed by atoms with Gasteiger partial charge in [-0.1, -0.05) is 13.3 Å². The topological polar surface area (TPSA) is 96.9 Å².